The van der Waals surface area contributed by atoms with Crippen LogP contribution in [0.1, 0.15) is 48.4 Å². The molecular formula is C19H29N4OS+. The van der Waals surface area contributed by atoms with Gasteiger partial charge in [0, 0.05) is 10.9 Å². The largest absolute Gasteiger partial charge is 0.370 e. The van der Waals surface area contributed by atoms with Crippen molar-refractivity contribution in [1.29, 1.82) is 0 Å². The number of aromatic nitrogens is 2. The van der Waals surface area contributed by atoms with Crippen LogP contribution in [0.15, 0.2) is 0 Å². The molecule has 1 aliphatic heterocycles. The van der Waals surface area contributed by atoms with Crippen molar-refractivity contribution in [3.05, 3.63) is 16.3 Å². The average Bonchev–Trinajstić information content (AvgIpc) is 2.91. The molecule has 0 unspecified atom stereocenters. The van der Waals surface area contributed by atoms with Gasteiger partial charge in [0.05, 0.1) is 18.6 Å². The summed E-state index contributed by atoms with van der Waals surface area (Å²) in [6, 6.07) is 0.565. The summed E-state index contributed by atoms with van der Waals surface area (Å²) in [5.41, 5.74) is 1.34. The van der Waals surface area contributed by atoms with E-state index >= 15 is 0 Å². The number of anilines is 1. The number of fused-ring (bicyclic) bond motifs is 1. The van der Waals surface area contributed by atoms with E-state index in [1.54, 1.807) is 11.3 Å². The smallest absolute Gasteiger partial charge is 0.187 e. The minimum atomic E-state index is 0.565. The highest BCUT2D eigenvalue weighted by Gasteiger charge is 2.21. The molecule has 2 N–H and O–H groups in total. The number of hydrogen-bond acceptors (Lipinski definition) is 5. The molecular weight excluding hydrogens is 332 g/mol. The minimum absolute atomic E-state index is 0.565. The quantitative estimate of drug-likeness (QED) is 0.878. The summed E-state index contributed by atoms with van der Waals surface area (Å²) in [5.74, 6) is 2.05. The number of rotatable bonds is 4. The fourth-order valence-corrected chi connectivity index (χ4v) is 5.03. The summed E-state index contributed by atoms with van der Waals surface area (Å²) >= 11 is 1.81. The molecule has 0 atom stereocenters. The standard InChI is InChI=1S/C19H28N4OS/c1-13-14(2)25-19-17(13)18(20-15-6-4-3-5-7-15)21-16(22-19)12-23-8-10-24-11-9-23/h15H,3-12H2,1-2H3,(H,20,21,22)/p+1. The van der Waals surface area contributed by atoms with Crippen molar-refractivity contribution in [3.63, 3.8) is 0 Å². The summed E-state index contributed by atoms with van der Waals surface area (Å²) in [7, 11) is 0. The van der Waals surface area contributed by atoms with E-state index in [1.807, 2.05) is 0 Å². The Morgan fingerprint density at radius 1 is 1.12 bits per heavy atom. The predicted octanol–water partition coefficient (Wildman–Crippen LogP) is 2.47. The summed E-state index contributed by atoms with van der Waals surface area (Å²) in [4.78, 5) is 13.9. The second kappa shape index (κ2) is 7.56. The third kappa shape index (κ3) is 3.81. The number of nitrogens with one attached hydrogen (secondary N) is 2. The maximum Gasteiger partial charge on any atom is 0.187 e. The molecule has 2 fully saturated rings. The van der Waals surface area contributed by atoms with Gasteiger partial charge >= 0.3 is 0 Å². The number of nitrogens with zero attached hydrogens (tertiary/aromatic N) is 2. The molecule has 2 aromatic heterocycles. The van der Waals surface area contributed by atoms with Gasteiger partial charge in [0.25, 0.3) is 0 Å². The lowest BCUT2D eigenvalue weighted by Crippen LogP contribution is -3.12. The highest BCUT2D eigenvalue weighted by Crippen LogP contribution is 2.34. The van der Waals surface area contributed by atoms with Crippen molar-refractivity contribution in [1.82, 2.24) is 9.97 Å². The number of morpholine rings is 1. The van der Waals surface area contributed by atoms with Crippen LogP contribution in [-0.4, -0.2) is 42.3 Å². The lowest BCUT2D eigenvalue weighted by Gasteiger charge is -2.25. The van der Waals surface area contributed by atoms with Crippen LogP contribution in [0, 0.1) is 13.8 Å². The SMILES string of the molecule is Cc1sc2nc(C[NH+]3CCOCC3)nc(NC3CCCCC3)c2c1C. The molecule has 6 heteroatoms. The molecule has 2 aromatic rings. The fraction of sp³-hybridized carbons (Fsp3) is 0.684. The number of aryl methyl sites for hydroxylation is 2. The van der Waals surface area contributed by atoms with E-state index in [-0.39, 0.29) is 0 Å². The maximum absolute atomic E-state index is 5.48. The first kappa shape index (κ1) is 17.2. The van der Waals surface area contributed by atoms with E-state index in [2.05, 4.69) is 19.2 Å². The van der Waals surface area contributed by atoms with Crippen molar-refractivity contribution in [3.8, 4) is 0 Å². The van der Waals surface area contributed by atoms with Gasteiger partial charge in [-0.05, 0) is 32.3 Å². The van der Waals surface area contributed by atoms with Gasteiger partial charge in [0.15, 0.2) is 5.82 Å². The summed E-state index contributed by atoms with van der Waals surface area (Å²) in [6.45, 7) is 9.10. The van der Waals surface area contributed by atoms with Gasteiger partial charge in [-0.3, -0.25) is 0 Å². The second-order valence-corrected chi connectivity index (χ2v) is 8.67. The Labute approximate surface area is 153 Å². The van der Waals surface area contributed by atoms with Crippen molar-refractivity contribution in [2.75, 3.05) is 31.6 Å². The Morgan fingerprint density at radius 2 is 1.88 bits per heavy atom. The number of ether oxygens (including phenoxy) is 1. The molecule has 1 aliphatic carbocycles. The molecule has 136 valence electrons. The van der Waals surface area contributed by atoms with E-state index in [9.17, 15) is 0 Å². The van der Waals surface area contributed by atoms with Crippen LogP contribution in [0.4, 0.5) is 5.82 Å². The number of quaternary nitrogens is 1. The van der Waals surface area contributed by atoms with Crippen molar-refractivity contribution in [2.24, 2.45) is 0 Å². The molecule has 0 bridgehead atoms. The van der Waals surface area contributed by atoms with Crippen molar-refractivity contribution < 1.29 is 9.64 Å². The third-order valence-corrected chi connectivity index (χ3v) is 6.73. The van der Waals surface area contributed by atoms with Crippen molar-refractivity contribution >= 4 is 27.4 Å². The molecule has 1 saturated heterocycles. The van der Waals surface area contributed by atoms with E-state index in [1.165, 1.54) is 52.8 Å². The molecule has 1 saturated carbocycles. The van der Waals surface area contributed by atoms with Gasteiger partial charge in [-0.15, -0.1) is 11.3 Å². The Bertz CT molecular complexity index is 733. The first-order valence-electron chi connectivity index (χ1n) is 9.65. The highest BCUT2D eigenvalue weighted by molar-refractivity contribution is 7.18. The van der Waals surface area contributed by atoms with Crippen LogP contribution in [0.2, 0.25) is 0 Å². The monoisotopic (exact) mass is 361 g/mol. The summed E-state index contributed by atoms with van der Waals surface area (Å²) < 4.78 is 5.48. The molecule has 3 heterocycles. The zero-order valence-corrected chi connectivity index (χ0v) is 16.2. The van der Waals surface area contributed by atoms with Crippen molar-refractivity contribution in [2.45, 2.75) is 58.5 Å². The molecule has 5 nitrogen and oxygen atoms in total. The van der Waals surface area contributed by atoms with Gasteiger partial charge in [-0.2, -0.15) is 0 Å². The normalized spacial score (nSPS) is 20.2. The van der Waals surface area contributed by atoms with Crippen LogP contribution < -0.4 is 10.2 Å². The lowest BCUT2D eigenvalue weighted by molar-refractivity contribution is -0.922. The van der Waals surface area contributed by atoms with Gasteiger partial charge in [-0.25, -0.2) is 9.97 Å². The first-order chi connectivity index (χ1) is 12.2. The topological polar surface area (TPSA) is 51.5 Å². The fourth-order valence-electron chi connectivity index (χ4n) is 3.98. The molecule has 2 aliphatic rings. The second-order valence-electron chi connectivity index (χ2n) is 7.47. The molecule has 0 amide bonds. The zero-order chi connectivity index (χ0) is 17.2. The Kier molecular flexibility index (Phi) is 5.20. The Hall–Kier alpha value is -1.24. The van der Waals surface area contributed by atoms with E-state index < -0.39 is 0 Å². The van der Waals surface area contributed by atoms with Gasteiger partial charge in [0.2, 0.25) is 0 Å². The lowest BCUT2D eigenvalue weighted by atomic mass is 9.95. The van der Waals surface area contributed by atoms with E-state index in [4.69, 9.17) is 14.7 Å². The minimum Gasteiger partial charge on any atom is -0.370 e. The van der Waals surface area contributed by atoms with Crippen LogP contribution in [-0.2, 0) is 11.3 Å². The van der Waals surface area contributed by atoms with E-state index in [0.717, 1.165) is 49.3 Å². The van der Waals surface area contributed by atoms with Gasteiger partial charge in [-0.1, -0.05) is 19.3 Å². The van der Waals surface area contributed by atoms with Crippen LogP contribution >= 0.6 is 11.3 Å². The van der Waals surface area contributed by atoms with E-state index in [0.29, 0.717) is 6.04 Å². The molecule has 0 spiro atoms. The number of thiophene rings is 1. The number of hydrogen-bond donors (Lipinski definition) is 2. The molecule has 25 heavy (non-hydrogen) atoms. The zero-order valence-electron chi connectivity index (χ0n) is 15.4. The van der Waals surface area contributed by atoms with Gasteiger partial charge < -0.3 is 15.0 Å². The highest BCUT2D eigenvalue weighted by atomic mass is 32.1. The Morgan fingerprint density at radius 3 is 2.64 bits per heavy atom. The summed E-state index contributed by atoms with van der Waals surface area (Å²) in [6.07, 6.45) is 6.56. The average molecular weight is 362 g/mol. The van der Waals surface area contributed by atoms with Crippen LogP contribution in [0.5, 0.6) is 0 Å². The first-order valence-corrected chi connectivity index (χ1v) is 10.5. The summed E-state index contributed by atoms with van der Waals surface area (Å²) in [5, 5.41) is 5.02. The van der Waals surface area contributed by atoms with Crippen LogP contribution in [0.3, 0.4) is 0 Å². The third-order valence-electron chi connectivity index (χ3n) is 5.63. The van der Waals surface area contributed by atoms with Crippen LogP contribution in [0.25, 0.3) is 10.2 Å². The maximum atomic E-state index is 5.48. The Balaban J connectivity index is 1.64. The molecule has 0 radical (unpaired) electrons. The van der Waals surface area contributed by atoms with Gasteiger partial charge in [0.1, 0.15) is 30.3 Å². The predicted molar refractivity (Wildman–Crippen MR) is 103 cm³/mol. The molecule has 4 rings (SSSR count). The molecule has 0 aromatic carbocycles.